The van der Waals surface area contributed by atoms with Gasteiger partial charge in [-0.2, -0.15) is 0 Å². The van der Waals surface area contributed by atoms with Crippen molar-refractivity contribution in [3.8, 4) is 11.5 Å². The van der Waals surface area contributed by atoms with Crippen LogP contribution in [0.25, 0.3) is 0 Å². The Kier molecular flexibility index (Phi) is 7.94. The Hall–Kier alpha value is -4.41. The highest BCUT2D eigenvalue weighted by Gasteiger charge is 2.36. The van der Waals surface area contributed by atoms with E-state index in [0.717, 1.165) is 6.42 Å². The number of hydrogen-bond donors (Lipinski definition) is 4. The van der Waals surface area contributed by atoms with Crippen LogP contribution in [0.15, 0.2) is 42.7 Å². The van der Waals surface area contributed by atoms with Gasteiger partial charge < -0.3 is 30.7 Å². The molecule has 2 atom stereocenters. The number of nitrogens with two attached hydrogens (primary N) is 1. The smallest absolute Gasteiger partial charge is 0.257 e. The summed E-state index contributed by atoms with van der Waals surface area (Å²) in [5, 5.41) is 15.7. The number of halogens is 1. The summed E-state index contributed by atoms with van der Waals surface area (Å²) in [5.41, 5.74) is 8.07. The van der Waals surface area contributed by atoms with Crippen LogP contribution in [0.3, 0.4) is 0 Å². The lowest BCUT2D eigenvalue weighted by molar-refractivity contribution is 0.0664. The van der Waals surface area contributed by atoms with E-state index >= 15 is 0 Å². The normalized spacial score (nSPS) is 15.3. The minimum atomic E-state index is -0.464. The molecule has 1 aliphatic heterocycles. The molecule has 5 N–H and O–H groups in total. The second-order valence-electron chi connectivity index (χ2n) is 8.86. The lowest BCUT2D eigenvalue weighted by Crippen LogP contribution is -2.57. The van der Waals surface area contributed by atoms with Crippen molar-refractivity contribution in [3.05, 3.63) is 65.2 Å². The Morgan fingerprint density at radius 1 is 1.18 bits per heavy atom. The Bertz CT molecular complexity index is 1350. The zero-order valence-corrected chi connectivity index (χ0v) is 21.8. The van der Waals surface area contributed by atoms with Crippen LogP contribution in [0.4, 0.5) is 21.7 Å². The van der Waals surface area contributed by atoms with Gasteiger partial charge in [0, 0.05) is 17.8 Å². The molecule has 2 aromatic carbocycles. The van der Waals surface area contributed by atoms with E-state index in [9.17, 15) is 9.18 Å². The first-order chi connectivity index (χ1) is 18.3. The van der Waals surface area contributed by atoms with Crippen molar-refractivity contribution in [2.24, 2.45) is 0 Å². The number of nitrogens with one attached hydrogen (secondary N) is 3. The van der Waals surface area contributed by atoms with Gasteiger partial charge >= 0.3 is 0 Å². The average molecular weight is 522 g/mol. The first kappa shape index (κ1) is 26.6. The highest BCUT2D eigenvalue weighted by Crippen LogP contribution is 2.32. The summed E-state index contributed by atoms with van der Waals surface area (Å²) in [4.78, 5) is 23.6. The van der Waals surface area contributed by atoms with Crippen LogP contribution in [-0.2, 0) is 0 Å². The number of anilines is 3. The van der Waals surface area contributed by atoms with Crippen molar-refractivity contribution in [2.75, 3.05) is 37.1 Å². The van der Waals surface area contributed by atoms with Gasteiger partial charge in [0.2, 0.25) is 0 Å². The van der Waals surface area contributed by atoms with E-state index in [1.807, 2.05) is 13.8 Å². The Labute approximate surface area is 220 Å². The van der Waals surface area contributed by atoms with Crippen LogP contribution >= 0.6 is 0 Å². The van der Waals surface area contributed by atoms with Crippen LogP contribution < -0.4 is 25.8 Å². The number of benzene rings is 2. The number of ether oxygens (including phenoxy) is 2. The zero-order chi connectivity index (χ0) is 27.4. The van der Waals surface area contributed by atoms with Gasteiger partial charge in [-0.3, -0.25) is 10.2 Å². The number of nitrogen functional groups attached to an aromatic ring is 1. The molecule has 0 aliphatic carbocycles. The third-order valence-electron chi connectivity index (χ3n) is 6.52. The molecule has 1 amide bonds. The molecule has 10 nitrogen and oxygen atoms in total. The fourth-order valence-corrected chi connectivity index (χ4v) is 4.61. The molecule has 2 heterocycles. The number of nitrogens with zero attached hydrogens (tertiary/aromatic N) is 3. The SMILES string of the molecule is CCCN1C(=O)c2cc(F)ccc2NC1C(CC)Nc1ncnc(N)c1C(=N)c1ccc(OC)c(OC)c1. The molecule has 11 heteroatoms. The van der Waals surface area contributed by atoms with E-state index in [4.69, 9.17) is 20.6 Å². The monoisotopic (exact) mass is 521 g/mol. The summed E-state index contributed by atoms with van der Waals surface area (Å²) >= 11 is 0. The molecule has 0 spiro atoms. The van der Waals surface area contributed by atoms with E-state index in [1.54, 1.807) is 36.3 Å². The first-order valence-electron chi connectivity index (χ1n) is 12.4. The average Bonchev–Trinajstić information content (AvgIpc) is 2.93. The fraction of sp³-hybridized carbons (Fsp3) is 0.333. The van der Waals surface area contributed by atoms with Crippen molar-refractivity contribution >= 4 is 28.9 Å². The van der Waals surface area contributed by atoms with E-state index in [2.05, 4.69) is 20.6 Å². The van der Waals surface area contributed by atoms with Gasteiger partial charge in [0.05, 0.1) is 37.1 Å². The number of carbonyl (C=O) groups is 1. The molecule has 0 saturated heterocycles. The quantitative estimate of drug-likeness (QED) is 0.292. The topological polar surface area (TPSA) is 138 Å². The lowest BCUT2D eigenvalue weighted by atomic mass is 10.00. The molecule has 38 heavy (non-hydrogen) atoms. The highest BCUT2D eigenvalue weighted by atomic mass is 19.1. The van der Waals surface area contributed by atoms with Gasteiger partial charge in [0.15, 0.2) is 11.5 Å². The van der Waals surface area contributed by atoms with Crippen molar-refractivity contribution in [2.45, 2.75) is 38.9 Å². The second kappa shape index (κ2) is 11.3. The maximum Gasteiger partial charge on any atom is 0.257 e. The van der Waals surface area contributed by atoms with Crippen LogP contribution in [-0.4, -0.2) is 59.5 Å². The number of aromatic nitrogens is 2. The minimum absolute atomic E-state index is 0.0975. The lowest BCUT2D eigenvalue weighted by Gasteiger charge is -2.42. The van der Waals surface area contributed by atoms with Crippen molar-refractivity contribution < 1.29 is 18.7 Å². The summed E-state index contributed by atoms with van der Waals surface area (Å²) in [6.07, 6.45) is 2.21. The first-order valence-corrected chi connectivity index (χ1v) is 12.4. The fourth-order valence-electron chi connectivity index (χ4n) is 4.61. The van der Waals surface area contributed by atoms with E-state index in [-0.39, 0.29) is 23.5 Å². The molecule has 0 radical (unpaired) electrons. The van der Waals surface area contributed by atoms with Crippen LogP contribution in [0, 0.1) is 11.2 Å². The predicted octanol–water partition coefficient (Wildman–Crippen LogP) is 4.13. The van der Waals surface area contributed by atoms with Crippen LogP contribution in [0.5, 0.6) is 11.5 Å². The van der Waals surface area contributed by atoms with Gasteiger partial charge in [-0.05, 0) is 49.2 Å². The number of hydrogen-bond acceptors (Lipinski definition) is 9. The highest BCUT2D eigenvalue weighted by molar-refractivity contribution is 6.16. The molecule has 0 fully saturated rings. The number of amides is 1. The van der Waals surface area contributed by atoms with Crippen molar-refractivity contribution in [3.63, 3.8) is 0 Å². The van der Waals surface area contributed by atoms with Gasteiger partial charge in [-0.25, -0.2) is 14.4 Å². The largest absolute Gasteiger partial charge is 0.493 e. The summed E-state index contributed by atoms with van der Waals surface area (Å²) in [5.74, 6) is 0.798. The summed E-state index contributed by atoms with van der Waals surface area (Å²) in [6, 6.07) is 8.97. The maximum atomic E-state index is 13.9. The van der Waals surface area contributed by atoms with Gasteiger partial charge in [0.1, 0.15) is 29.9 Å². The number of fused-ring (bicyclic) bond motifs is 1. The van der Waals surface area contributed by atoms with Gasteiger partial charge in [-0.15, -0.1) is 0 Å². The molecule has 4 rings (SSSR count). The molecule has 0 saturated carbocycles. The molecular weight excluding hydrogens is 489 g/mol. The van der Waals surface area contributed by atoms with E-state index in [1.165, 1.54) is 25.6 Å². The molecule has 2 unspecified atom stereocenters. The second-order valence-corrected chi connectivity index (χ2v) is 8.86. The molecule has 1 aliphatic rings. The number of carbonyl (C=O) groups excluding carboxylic acids is 1. The third kappa shape index (κ3) is 5.04. The zero-order valence-electron chi connectivity index (χ0n) is 21.8. The Morgan fingerprint density at radius 3 is 2.63 bits per heavy atom. The summed E-state index contributed by atoms with van der Waals surface area (Å²) < 4.78 is 24.6. The van der Waals surface area contributed by atoms with E-state index < -0.39 is 12.0 Å². The summed E-state index contributed by atoms with van der Waals surface area (Å²) in [6.45, 7) is 4.44. The number of methoxy groups -OCH3 is 2. The predicted molar refractivity (Wildman–Crippen MR) is 145 cm³/mol. The molecular formula is C27H32FN7O3. The van der Waals surface area contributed by atoms with Crippen LogP contribution in [0.1, 0.15) is 48.2 Å². The molecule has 3 aromatic rings. The Morgan fingerprint density at radius 2 is 1.95 bits per heavy atom. The molecule has 0 bridgehead atoms. The van der Waals surface area contributed by atoms with E-state index in [0.29, 0.717) is 52.7 Å². The number of rotatable bonds is 10. The standard InChI is InChI=1S/C27H32FN7O3/c1-5-11-35-26(34-19-9-8-16(28)13-17(19)27(35)36)18(6-2)33-25-22(24(30)31-14-32-25)23(29)15-7-10-20(37-3)21(12-15)38-4/h7-10,12-14,18,26,29,34H,5-6,11H2,1-4H3,(H3,30,31,32,33). The molecule has 200 valence electrons. The molecule has 1 aromatic heterocycles. The van der Waals surface area contributed by atoms with Crippen molar-refractivity contribution in [1.29, 1.82) is 5.41 Å². The minimum Gasteiger partial charge on any atom is -0.493 e. The van der Waals surface area contributed by atoms with Gasteiger partial charge in [0.25, 0.3) is 5.91 Å². The third-order valence-corrected chi connectivity index (χ3v) is 6.52. The summed E-state index contributed by atoms with van der Waals surface area (Å²) in [7, 11) is 3.07. The maximum absolute atomic E-state index is 13.9. The van der Waals surface area contributed by atoms with Crippen LogP contribution in [0.2, 0.25) is 0 Å². The van der Waals surface area contributed by atoms with Crippen molar-refractivity contribution in [1.82, 2.24) is 14.9 Å². The Balaban J connectivity index is 1.70. The van der Waals surface area contributed by atoms with Gasteiger partial charge in [-0.1, -0.05) is 13.8 Å².